The highest BCUT2D eigenvalue weighted by Gasteiger charge is 2.72. The first-order valence-corrected chi connectivity index (χ1v) is 14.0. The molecule has 0 heterocycles. The van der Waals surface area contributed by atoms with E-state index in [4.69, 9.17) is 6.42 Å². The van der Waals surface area contributed by atoms with Gasteiger partial charge in [0.2, 0.25) is 0 Å². The third-order valence-electron chi connectivity index (χ3n) is 13.0. The van der Waals surface area contributed by atoms with Crippen LogP contribution in [-0.2, 0) is 4.79 Å². The van der Waals surface area contributed by atoms with Gasteiger partial charge < -0.3 is 5.11 Å². The number of hydrogen-bond donors (Lipinski definition) is 1. The van der Waals surface area contributed by atoms with Crippen LogP contribution in [-0.4, -0.2) is 10.9 Å². The second kappa shape index (κ2) is 7.18. The molecule has 5 aliphatic carbocycles. The predicted octanol–water partition coefficient (Wildman–Crippen LogP) is 7.63. The van der Waals surface area contributed by atoms with Crippen molar-refractivity contribution in [2.24, 2.45) is 56.2 Å². The number of nitriles is 1. The van der Waals surface area contributed by atoms with Crippen LogP contribution in [0.4, 0.5) is 0 Å². The zero-order valence-electron chi connectivity index (χ0n) is 23.1. The number of nitrogens with zero attached hydrogens (tertiary/aromatic N) is 1. The van der Waals surface area contributed by atoms with E-state index < -0.39 is 5.41 Å². The zero-order valence-corrected chi connectivity index (χ0v) is 23.1. The first-order chi connectivity index (χ1) is 16.1. The molecule has 190 valence electrons. The third kappa shape index (κ3) is 2.94. The molecule has 4 saturated carbocycles. The maximum atomic E-state index is 14.4. The molecule has 0 radical (unpaired) electrons. The van der Waals surface area contributed by atoms with Gasteiger partial charge in [0.25, 0.3) is 0 Å². The van der Waals surface area contributed by atoms with Crippen LogP contribution in [0.15, 0.2) is 11.3 Å². The lowest BCUT2D eigenvalue weighted by Gasteiger charge is -2.72. The molecule has 0 aromatic carbocycles. The van der Waals surface area contributed by atoms with Crippen LogP contribution in [0.2, 0.25) is 0 Å². The molecular weight excluding hydrogens is 430 g/mol. The molecule has 0 aromatic rings. The van der Waals surface area contributed by atoms with Crippen molar-refractivity contribution in [2.45, 2.75) is 106 Å². The van der Waals surface area contributed by atoms with Gasteiger partial charge in [-0.2, -0.15) is 5.26 Å². The van der Waals surface area contributed by atoms with Gasteiger partial charge in [-0.05, 0) is 90.8 Å². The van der Waals surface area contributed by atoms with Crippen molar-refractivity contribution >= 4 is 5.78 Å². The van der Waals surface area contributed by atoms with Gasteiger partial charge in [0.15, 0.2) is 0 Å². The van der Waals surface area contributed by atoms with Crippen molar-refractivity contribution in [3.63, 3.8) is 0 Å². The predicted molar refractivity (Wildman–Crippen MR) is 139 cm³/mol. The quantitative estimate of drug-likeness (QED) is 0.366. The topological polar surface area (TPSA) is 61.1 Å². The van der Waals surface area contributed by atoms with E-state index >= 15 is 0 Å². The highest BCUT2D eigenvalue weighted by Crippen LogP contribution is 2.76. The highest BCUT2D eigenvalue weighted by atomic mass is 16.3. The Morgan fingerprint density at radius 1 is 0.943 bits per heavy atom. The second-order valence-corrected chi connectivity index (χ2v) is 15.2. The summed E-state index contributed by atoms with van der Waals surface area (Å²) in [6.45, 7) is 16.2. The second-order valence-electron chi connectivity index (χ2n) is 15.2. The summed E-state index contributed by atoms with van der Waals surface area (Å²) in [5, 5.41) is 20.9. The minimum Gasteiger partial charge on any atom is -0.511 e. The molecule has 1 N–H and O–H groups in total. The van der Waals surface area contributed by atoms with Gasteiger partial charge in [-0.1, -0.05) is 54.4 Å². The smallest absolute Gasteiger partial charge is 0.137 e. The van der Waals surface area contributed by atoms with Crippen LogP contribution < -0.4 is 0 Å². The first-order valence-electron chi connectivity index (χ1n) is 14.0. The summed E-state index contributed by atoms with van der Waals surface area (Å²) in [4.78, 5) is 14.4. The molecule has 5 rings (SSSR count). The maximum absolute atomic E-state index is 14.4. The molecule has 0 saturated heterocycles. The number of carbonyl (C=O) groups excluding carboxylic acids is 1. The Labute approximate surface area is 213 Å². The lowest BCUT2D eigenvalue weighted by Crippen LogP contribution is -2.68. The highest BCUT2D eigenvalue weighted by molar-refractivity contribution is 5.84. The normalized spacial score (nSPS) is 50.0. The molecule has 2 unspecified atom stereocenters. The fourth-order valence-electron chi connectivity index (χ4n) is 10.9. The summed E-state index contributed by atoms with van der Waals surface area (Å²) in [7, 11) is 0. The van der Waals surface area contributed by atoms with Gasteiger partial charge in [-0.15, -0.1) is 6.42 Å². The monoisotopic (exact) mass is 475 g/mol. The number of allylic oxidation sites excluding steroid dienone is 2. The molecule has 35 heavy (non-hydrogen) atoms. The van der Waals surface area contributed by atoms with Crippen LogP contribution in [0.5, 0.6) is 0 Å². The number of terminal acetylenes is 1. The van der Waals surface area contributed by atoms with Crippen LogP contribution in [0.25, 0.3) is 0 Å². The average molecular weight is 476 g/mol. The number of ketones is 1. The van der Waals surface area contributed by atoms with Gasteiger partial charge in [-0.25, -0.2) is 0 Å². The Balaban J connectivity index is 1.62. The molecule has 3 heteroatoms. The summed E-state index contributed by atoms with van der Waals surface area (Å²) in [5.41, 5.74) is -0.0654. The van der Waals surface area contributed by atoms with Crippen molar-refractivity contribution in [1.82, 2.24) is 0 Å². The van der Waals surface area contributed by atoms with Crippen molar-refractivity contribution in [3.8, 4) is 18.4 Å². The SMILES string of the molecule is C#C[C@]12CCC(C)(C)CC1[C@H]1C(=O)C[C@@H]3C4(C)CC(C#N)=C(O)C(C)(C)[C@@H]4CC[C@@]3(C)[C@]1(C)CC2. The Kier molecular flexibility index (Phi) is 5.11. The number of carbonyl (C=O) groups is 1. The van der Waals surface area contributed by atoms with Gasteiger partial charge >= 0.3 is 0 Å². The van der Waals surface area contributed by atoms with E-state index in [1.807, 2.05) is 0 Å². The minimum absolute atomic E-state index is 0.0166. The lowest BCUT2D eigenvalue weighted by molar-refractivity contribution is -0.225. The average Bonchev–Trinajstić information content (AvgIpc) is 2.77. The van der Waals surface area contributed by atoms with Crippen LogP contribution in [0, 0.1) is 79.8 Å². The van der Waals surface area contributed by atoms with Crippen molar-refractivity contribution in [2.75, 3.05) is 0 Å². The van der Waals surface area contributed by atoms with E-state index in [1.165, 1.54) is 0 Å². The molecule has 0 aromatic heterocycles. The van der Waals surface area contributed by atoms with Crippen molar-refractivity contribution in [3.05, 3.63) is 11.3 Å². The minimum atomic E-state index is -0.446. The maximum Gasteiger partial charge on any atom is 0.137 e. The summed E-state index contributed by atoms with van der Waals surface area (Å²) in [6, 6.07) is 2.33. The van der Waals surface area contributed by atoms with Gasteiger partial charge in [0, 0.05) is 23.2 Å². The largest absolute Gasteiger partial charge is 0.511 e. The van der Waals surface area contributed by atoms with Crippen LogP contribution in [0.3, 0.4) is 0 Å². The number of aliphatic hydroxyl groups excluding tert-OH is 1. The molecule has 0 aliphatic heterocycles. The van der Waals surface area contributed by atoms with Crippen LogP contribution >= 0.6 is 0 Å². The fourth-order valence-corrected chi connectivity index (χ4v) is 10.9. The molecule has 5 aliphatic rings. The van der Waals surface area contributed by atoms with Crippen molar-refractivity contribution < 1.29 is 9.90 Å². The Bertz CT molecular complexity index is 1080. The van der Waals surface area contributed by atoms with Crippen LogP contribution in [0.1, 0.15) is 106 Å². The number of aliphatic hydroxyl groups is 1. The Morgan fingerprint density at radius 3 is 2.23 bits per heavy atom. The zero-order chi connectivity index (χ0) is 25.8. The summed E-state index contributed by atoms with van der Waals surface area (Å²) < 4.78 is 0. The summed E-state index contributed by atoms with van der Waals surface area (Å²) in [6.07, 6.45) is 14.9. The standard InChI is InChI=1S/C32H45NO2/c1-9-32-14-12-27(2,3)18-21(32)25-22(34)16-24-29(6)17-20(19-33)26(35)28(4,5)23(29)10-11-30(24,7)31(25,8)13-15-32/h1,21,23-25,35H,10-18H2,2-8H3/t21?,23-,24+,25-,29?,30+,31+,32+/m0/s1. The van der Waals surface area contributed by atoms with Crippen molar-refractivity contribution in [1.29, 1.82) is 5.26 Å². The Morgan fingerprint density at radius 2 is 1.60 bits per heavy atom. The van der Waals surface area contributed by atoms with Gasteiger partial charge in [0.05, 0.1) is 11.6 Å². The number of rotatable bonds is 0. The molecule has 4 fully saturated rings. The van der Waals surface area contributed by atoms with E-state index in [9.17, 15) is 15.2 Å². The van der Waals surface area contributed by atoms with E-state index in [0.29, 0.717) is 24.2 Å². The molecular formula is C32H45NO2. The molecule has 8 atom stereocenters. The molecule has 0 spiro atoms. The fraction of sp³-hybridized carbons (Fsp3) is 0.812. The molecule has 3 nitrogen and oxygen atoms in total. The number of Topliss-reactive ketones (excluding diaryl/α,β-unsaturated/α-hetero) is 1. The molecule has 0 bridgehead atoms. The van der Waals surface area contributed by atoms with E-state index in [-0.39, 0.29) is 56.5 Å². The Hall–Kier alpha value is -1.74. The van der Waals surface area contributed by atoms with E-state index in [0.717, 1.165) is 44.9 Å². The van der Waals surface area contributed by atoms with E-state index in [1.54, 1.807) is 0 Å². The van der Waals surface area contributed by atoms with Gasteiger partial charge in [-0.3, -0.25) is 4.79 Å². The number of hydrogen-bond acceptors (Lipinski definition) is 3. The summed E-state index contributed by atoms with van der Waals surface area (Å²) >= 11 is 0. The summed E-state index contributed by atoms with van der Waals surface area (Å²) in [5.74, 6) is 4.76. The van der Waals surface area contributed by atoms with Gasteiger partial charge in [0.1, 0.15) is 11.5 Å². The molecule has 0 amide bonds. The number of fused-ring (bicyclic) bond motifs is 7. The lowest BCUT2D eigenvalue weighted by atomic mass is 9.31. The third-order valence-corrected chi connectivity index (χ3v) is 13.0. The first kappa shape index (κ1) is 24.9. The van der Waals surface area contributed by atoms with E-state index in [2.05, 4.69) is 60.5 Å².